The Labute approximate surface area is 178 Å². The summed E-state index contributed by atoms with van der Waals surface area (Å²) in [5.41, 5.74) is 8.70. The molecule has 0 atom stereocenters. The molecule has 0 saturated heterocycles. The molecule has 1 aliphatic carbocycles. The van der Waals surface area contributed by atoms with Gasteiger partial charge < -0.3 is 24.8 Å². The average molecular weight is 527 g/mol. The first-order chi connectivity index (χ1) is 9.66. The van der Waals surface area contributed by atoms with Crippen LogP contribution >= 0.6 is 0 Å². The zero-order valence-electron chi connectivity index (χ0n) is 15.3. The number of rotatable bonds is 0. The van der Waals surface area contributed by atoms with Gasteiger partial charge in [0.2, 0.25) is 0 Å². The molecule has 0 saturated carbocycles. The summed E-state index contributed by atoms with van der Waals surface area (Å²) in [4.78, 5) is 0. The molecule has 1 aliphatic rings. The summed E-state index contributed by atoms with van der Waals surface area (Å²) in [6.45, 7) is 13.6. The predicted molar refractivity (Wildman–Crippen MR) is 90.9 cm³/mol. The van der Waals surface area contributed by atoms with Crippen molar-refractivity contribution < 1.29 is 50.7 Å². The van der Waals surface area contributed by atoms with E-state index < -0.39 is 0 Å². The molecule has 0 aromatic heterocycles. The van der Waals surface area contributed by atoms with Crippen molar-refractivity contribution in [2.24, 2.45) is 0 Å². The Balaban J connectivity index is 0.00000176. The van der Waals surface area contributed by atoms with Crippen molar-refractivity contribution in [2.75, 3.05) is 0 Å². The zero-order chi connectivity index (χ0) is 15.4. The Morgan fingerprint density at radius 1 is 0.792 bits per heavy atom. The second-order valence-corrected chi connectivity index (χ2v) is 8.31. The molecule has 0 amide bonds. The maximum Gasteiger partial charge on any atom is 0 e. The molecule has 0 N–H and O–H groups in total. The maximum atomic E-state index is 3.67. The van der Waals surface area contributed by atoms with Crippen LogP contribution in [-0.2, 0) is 43.1 Å². The fourth-order valence-corrected chi connectivity index (χ4v) is 3.03. The van der Waals surface area contributed by atoms with E-state index in [1.165, 1.54) is 33.4 Å². The van der Waals surface area contributed by atoms with Gasteiger partial charge in [0.15, 0.2) is 0 Å². The van der Waals surface area contributed by atoms with Gasteiger partial charge in [-0.3, -0.25) is 0 Å². The van der Waals surface area contributed by atoms with E-state index in [9.17, 15) is 0 Å². The fraction of sp³-hybridized carbons (Fsp3) is 0.429. The zero-order valence-corrected chi connectivity index (χ0v) is 20.5. The molecule has 0 aliphatic heterocycles. The van der Waals surface area contributed by atoms with Gasteiger partial charge in [-0.15, -0.1) is 11.1 Å². The van der Waals surface area contributed by atoms with Crippen LogP contribution in [0.5, 0.6) is 0 Å². The molecule has 3 rings (SSSR count). The van der Waals surface area contributed by atoms with Crippen molar-refractivity contribution in [3.63, 3.8) is 0 Å². The Kier molecular flexibility index (Phi) is 8.02. The quantitative estimate of drug-likeness (QED) is 0.278. The Morgan fingerprint density at radius 3 is 1.92 bits per heavy atom. The van der Waals surface area contributed by atoms with E-state index in [2.05, 4.69) is 77.9 Å². The SMILES string of the molecule is CC(C)(C)c1[c-]c2c(cc1)-c1ccc(C(C)(C)C)cc1C2.[Cl-].[Cl-].[Hf]. The van der Waals surface area contributed by atoms with Gasteiger partial charge in [0.05, 0.1) is 0 Å². The summed E-state index contributed by atoms with van der Waals surface area (Å²) in [5, 5.41) is 0. The van der Waals surface area contributed by atoms with Crippen molar-refractivity contribution in [1.82, 2.24) is 0 Å². The molecule has 2 aromatic rings. The topological polar surface area (TPSA) is 0 Å². The van der Waals surface area contributed by atoms with Gasteiger partial charge in [0, 0.05) is 25.8 Å². The molecule has 0 spiro atoms. The second-order valence-electron chi connectivity index (χ2n) is 8.31. The smallest absolute Gasteiger partial charge is 0 e. The monoisotopic (exact) mass is 527 g/mol. The minimum atomic E-state index is 0. The standard InChI is InChI=1S/C21H25.2ClH.Hf/c1-20(2,3)16-7-9-18-14(12-16)11-15-13-17(21(4,5)6)8-10-19(15)18;;;/h7-10,12H,11H2,1-6H3;2*1H;/q-1;;;/p-2. The molecule has 24 heavy (non-hydrogen) atoms. The average Bonchev–Trinajstić information content (AvgIpc) is 2.73. The van der Waals surface area contributed by atoms with Gasteiger partial charge in [-0.1, -0.05) is 65.3 Å². The number of hydrogen-bond acceptors (Lipinski definition) is 0. The van der Waals surface area contributed by atoms with Crippen molar-refractivity contribution in [3.8, 4) is 11.1 Å². The summed E-state index contributed by atoms with van der Waals surface area (Å²) < 4.78 is 0. The van der Waals surface area contributed by atoms with Crippen LogP contribution < -0.4 is 24.8 Å². The first kappa shape index (κ1) is 23.9. The van der Waals surface area contributed by atoms with Crippen LogP contribution in [0.3, 0.4) is 0 Å². The first-order valence-corrected chi connectivity index (χ1v) is 7.86. The third-order valence-corrected chi connectivity index (χ3v) is 4.46. The fourth-order valence-electron chi connectivity index (χ4n) is 3.03. The van der Waals surface area contributed by atoms with E-state index in [-0.39, 0.29) is 61.5 Å². The van der Waals surface area contributed by atoms with Gasteiger partial charge in [0.25, 0.3) is 0 Å². The molecule has 0 fully saturated rings. The molecular weight excluding hydrogens is 502 g/mol. The second kappa shape index (κ2) is 8.06. The van der Waals surface area contributed by atoms with E-state index in [4.69, 9.17) is 0 Å². The number of hydrogen-bond donors (Lipinski definition) is 0. The van der Waals surface area contributed by atoms with Gasteiger partial charge in [-0.25, -0.2) is 0 Å². The normalized spacial score (nSPS) is 12.2. The Bertz CT molecular complexity index is 645. The molecule has 0 nitrogen and oxygen atoms in total. The molecule has 130 valence electrons. The third-order valence-electron chi connectivity index (χ3n) is 4.46. The van der Waals surface area contributed by atoms with Crippen LogP contribution in [0.15, 0.2) is 30.3 Å². The van der Waals surface area contributed by atoms with E-state index in [1.807, 2.05) is 0 Å². The number of benzene rings is 2. The molecule has 0 bridgehead atoms. The summed E-state index contributed by atoms with van der Waals surface area (Å²) in [6, 6.07) is 15.2. The number of fused-ring (bicyclic) bond motifs is 3. The van der Waals surface area contributed by atoms with Crippen molar-refractivity contribution >= 4 is 0 Å². The van der Waals surface area contributed by atoms with Gasteiger partial charge >= 0.3 is 0 Å². The summed E-state index contributed by atoms with van der Waals surface area (Å²) in [5.74, 6) is 0. The van der Waals surface area contributed by atoms with Crippen LogP contribution in [0.2, 0.25) is 0 Å². The van der Waals surface area contributed by atoms with Crippen LogP contribution in [-0.4, -0.2) is 0 Å². The van der Waals surface area contributed by atoms with E-state index >= 15 is 0 Å². The minimum Gasteiger partial charge on any atom is -1.00 e. The summed E-state index contributed by atoms with van der Waals surface area (Å²) >= 11 is 0. The molecular formula is C21H25Cl2Hf-3. The minimum absolute atomic E-state index is 0. The van der Waals surface area contributed by atoms with Crippen molar-refractivity contribution in [2.45, 2.75) is 58.8 Å². The number of halogens is 2. The third kappa shape index (κ3) is 4.54. The molecule has 2 aromatic carbocycles. The van der Waals surface area contributed by atoms with E-state index in [1.54, 1.807) is 0 Å². The largest absolute Gasteiger partial charge is 1.00 e. The summed E-state index contributed by atoms with van der Waals surface area (Å²) in [7, 11) is 0. The van der Waals surface area contributed by atoms with E-state index in [0.717, 1.165) is 6.42 Å². The first-order valence-electron chi connectivity index (χ1n) is 7.86. The Morgan fingerprint density at radius 2 is 1.38 bits per heavy atom. The maximum absolute atomic E-state index is 3.67. The van der Waals surface area contributed by atoms with Crippen LogP contribution in [0.4, 0.5) is 0 Å². The summed E-state index contributed by atoms with van der Waals surface area (Å²) in [6.07, 6.45) is 1.03. The van der Waals surface area contributed by atoms with Gasteiger partial charge in [-0.05, 0) is 28.4 Å². The molecule has 0 unspecified atom stereocenters. The molecule has 3 heteroatoms. The predicted octanol–water partition coefficient (Wildman–Crippen LogP) is -0.342. The van der Waals surface area contributed by atoms with Crippen molar-refractivity contribution in [1.29, 1.82) is 0 Å². The van der Waals surface area contributed by atoms with Crippen LogP contribution in [0, 0.1) is 6.07 Å². The van der Waals surface area contributed by atoms with Gasteiger partial charge in [0.1, 0.15) is 0 Å². The van der Waals surface area contributed by atoms with Crippen LogP contribution in [0.25, 0.3) is 11.1 Å². The van der Waals surface area contributed by atoms with Crippen LogP contribution in [0.1, 0.15) is 63.8 Å². The van der Waals surface area contributed by atoms with Crippen molar-refractivity contribution in [3.05, 3.63) is 58.7 Å². The Hall–Kier alpha value is -0.110. The molecule has 0 radical (unpaired) electrons. The van der Waals surface area contributed by atoms with E-state index in [0.29, 0.717) is 0 Å². The molecule has 0 heterocycles. The van der Waals surface area contributed by atoms with Gasteiger partial charge in [-0.2, -0.15) is 23.8 Å².